The Balaban J connectivity index is 1.85. The standard InChI is InChI=1S/C13H22ClF2NO2/c1-17(7-6-14)10-13(15,16)11-2-4-12(5-3-11)18-8-9-19-12/h11H,2-10H2,1H3. The second kappa shape index (κ2) is 6.20. The number of rotatable bonds is 5. The van der Waals surface area contributed by atoms with Crippen molar-refractivity contribution in [2.45, 2.75) is 37.4 Å². The van der Waals surface area contributed by atoms with Crippen molar-refractivity contribution in [2.24, 2.45) is 5.92 Å². The molecule has 0 bridgehead atoms. The summed E-state index contributed by atoms with van der Waals surface area (Å²) in [5.41, 5.74) is 0. The molecule has 0 aromatic rings. The van der Waals surface area contributed by atoms with E-state index in [1.54, 1.807) is 11.9 Å². The van der Waals surface area contributed by atoms with E-state index < -0.39 is 17.6 Å². The highest BCUT2D eigenvalue weighted by atomic mass is 35.5. The summed E-state index contributed by atoms with van der Waals surface area (Å²) in [5, 5.41) is 0. The van der Waals surface area contributed by atoms with Crippen molar-refractivity contribution in [1.82, 2.24) is 4.90 Å². The summed E-state index contributed by atoms with van der Waals surface area (Å²) in [6.07, 6.45) is 2.07. The van der Waals surface area contributed by atoms with Crippen LogP contribution in [0.2, 0.25) is 0 Å². The molecule has 0 radical (unpaired) electrons. The van der Waals surface area contributed by atoms with E-state index in [4.69, 9.17) is 21.1 Å². The monoisotopic (exact) mass is 297 g/mol. The number of nitrogens with zero attached hydrogens (tertiary/aromatic N) is 1. The molecule has 2 rings (SSSR count). The Kier molecular flexibility index (Phi) is 5.04. The van der Waals surface area contributed by atoms with Gasteiger partial charge in [-0.2, -0.15) is 0 Å². The molecule has 6 heteroatoms. The summed E-state index contributed by atoms with van der Waals surface area (Å²) in [6, 6.07) is 0. The van der Waals surface area contributed by atoms with Crippen molar-refractivity contribution in [1.29, 1.82) is 0 Å². The second-order valence-corrected chi connectivity index (χ2v) is 5.95. The molecule has 2 aliphatic rings. The van der Waals surface area contributed by atoms with Crippen molar-refractivity contribution >= 4 is 11.6 Å². The maximum atomic E-state index is 14.2. The van der Waals surface area contributed by atoms with Gasteiger partial charge in [-0.05, 0) is 19.9 Å². The van der Waals surface area contributed by atoms with Crippen LogP contribution in [0.1, 0.15) is 25.7 Å². The van der Waals surface area contributed by atoms with Crippen LogP contribution in [0.4, 0.5) is 8.78 Å². The Morgan fingerprint density at radius 3 is 2.37 bits per heavy atom. The largest absolute Gasteiger partial charge is 0.348 e. The second-order valence-electron chi connectivity index (χ2n) is 5.57. The first kappa shape index (κ1) is 15.4. The van der Waals surface area contributed by atoms with Crippen molar-refractivity contribution in [3.63, 3.8) is 0 Å². The number of ether oxygens (including phenoxy) is 2. The van der Waals surface area contributed by atoms with E-state index in [0.29, 0.717) is 51.3 Å². The fourth-order valence-corrected chi connectivity index (χ4v) is 3.27. The molecule has 1 saturated carbocycles. The first-order chi connectivity index (χ1) is 8.97. The van der Waals surface area contributed by atoms with Gasteiger partial charge in [0.1, 0.15) is 0 Å². The predicted molar refractivity (Wildman–Crippen MR) is 69.8 cm³/mol. The smallest absolute Gasteiger partial charge is 0.263 e. The maximum Gasteiger partial charge on any atom is 0.263 e. The fraction of sp³-hybridized carbons (Fsp3) is 1.00. The van der Waals surface area contributed by atoms with Gasteiger partial charge in [-0.25, -0.2) is 8.78 Å². The fourth-order valence-electron chi connectivity index (χ4n) is 2.98. The molecule has 1 aliphatic carbocycles. The van der Waals surface area contributed by atoms with E-state index >= 15 is 0 Å². The van der Waals surface area contributed by atoms with Crippen LogP contribution in [0, 0.1) is 5.92 Å². The molecular weight excluding hydrogens is 276 g/mol. The third-order valence-electron chi connectivity index (χ3n) is 4.11. The summed E-state index contributed by atoms with van der Waals surface area (Å²) >= 11 is 5.57. The van der Waals surface area contributed by atoms with E-state index in [1.807, 2.05) is 0 Å². The molecule has 0 atom stereocenters. The summed E-state index contributed by atoms with van der Waals surface area (Å²) in [7, 11) is 1.68. The summed E-state index contributed by atoms with van der Waals surface area (Å²) < 4.78 is 39.5. The topological polar surface area (TPSA) is 21.7 Å². The van der Waals surface area contributed by atoms with Gasteiger partial charge in [0.05, 0.1) is 19.8 Å². The zero-order valence-electron chi connectivity index (χ0n) is 11.3. The van der Waals surface area contributed by atoms with Gasteiger partial charge in [-0.3, -0.25) is 4.90 Å². The molecular formula is C13H22ClF2NO2. The number of hydrogen-bond acceptors (Lipinski definition) is 3. The lowest BCUT2D eigenvalue weighted by atomic mass is 9.81. The SMILES string of the molecule is CN(CCCl)CC(F)(F)C1CCC2(CC1)OCCO2. The van der Waals surface area contributed by atoms with Crippen molar-refractivity contribution in [3.8, 4) is 0 Å². The highest BCUT2D eigenvalue weighted by Crippen LogP contribution is 2.43. The molecule has 1 spiro atoms. The maximum absolute atomic E-state index is 14.2. The van der Waals surface area contributed by atoms with Crippen LogP contribution in [0.15, 0.2) is 0 Å². The third kappa shape index (κ3) is 3.78. The average Bonchev–Trinajstić information content (AvgIpc) is 2.77. The quantitative estimate of drug-likeness (QED) is 0.728. The van der Waals surface area contributed by atoms with Gasteiger partial charge in [0.2, 0.25) is 0 Å². The molecule has 1 heterocycles. The van der Waals surface area contributed by atoms with Gasteiger partial charge in [0, 0.05) is 31.2 Å². The Morgan fingerprint density at radius 2 is 1.84 bits per heavy atom. The van der Waals surface area contributed by atoms with Gasteiger partial charge in [-0.1, -0.05) is 0 Å². The number of hydrogen-bond donors (Lipinski definition) is 0. The highest BCUT2D eigenvalue weighted by Gasteiger charge is 2.48. The van der Waals surface area contributed by atoms with Crippen LogP contribution in [0.5, 0.6) is 0 Å². The molecule has 3 nitrogen and oxygen atoms in total. The minimum absolute atomic E-state index is 0.223. The van der Waals surface area contributed by atoms with Crippen LogP contribution in [-0.2, 0) is 9.47 Å². The van der Waals surface area contributed by atoms with Crippen molar-refractivity contribution in [2.75, 3.05) is 39.2 Å². The molecule has 0 aromatic carbocycles. The molecule has 0 N–H and O–H groups in total. The molecule has 2 fully saturated rings. The zero-order chi connectivity index (χ0) is 13.9. The van der Waals surface area contributed by atoms with E-state index in [2.05, 4.69) is 0 Å². The predicted octanol–water partition coefficient (Wildman–Crippen LogP) is 2.73. The van der Waals surface area contributed by atoms with Crippen LogP contribution in [-0.4, -0.2) is 55.8 Å². The van der Waals surface area contributed by atoms with E-state index in [1.165, 1.54) is 0 Å². The Morgan fingerprint density at radius 1 is 1.26 bits per heavy atom. The summed E-state index contributed by atoms with van der Waals surface area (Å²) in [4.78, 5) is 1.60. The van der Waals surface area contributed by atoms with E-state index in [-0.39, 0.29) is 6.54 Å². The van der Waals surface area contributed by atoms with Crippen LogP contribution < -0.4 is 0 Å². The third-order valence-corrected chi connectivity index (χ3v) is 4.27. The van der Waals surface area contributed by atoms with Gasteiger partial charge in [0.25, 0.3) is 5.92 Å². The van der Waals surface area contributed by atoms with Crippen LogP contribution in [0.3, 0.4) is 0 Å². The molecule has 19 heavy (non-hydrogen) atoms. The van der Waals surface area contributed by atoms with Gasteiger partial charge < -0.3 is 9.47 Å². The van der Waals surface area contributed by atoms with Gasteiger partial charge in [-0.15, -0.1) is 11.6 Å². The van der Waals surface area contributed by atoms with Crippen molar-refractivity contribution < 1.29 is 18.3 Å². The normalized spacial score (nSPS) is 24.5. The molecule has 0 amide bonds. The first-order valence-corrected chi connectivity index (χ1v) is 7.41. The molecule has 112 valence electrons. The van der Waals surface area contributed by atoms with Gasteiger partial charge >= 0.3 is 0 Å². The highest BCUT2D eigenvalue weighted by molar-refractivity contribution is 6.18. The molecule has 0 unspecified atom stereocenters. The lowest BCUT2D eigenvalue weighted by Gasteiger charge is -2.39. The molecule has 1 saturated heterocycles. The Labute approximate surface area is 118 Å². The number of halogens is 3. The lowest BCUT2D eigenvalue weighted by molar-refractivity contribution is -0.199. The first-order valence-electron chi connectivity index (χ1n) is 6.88. The lowest BCUT2D eigenvalue weighted by Crippen LogP contribution is -2.45. The zero-order valence-corrected chi connectivity index (χ0v) is 12.1. The summed E-state index contributed by atoms with van der Waals surface area (Å²) in [6.45, 7) is 1.43. The van der Waals surface area contributed by atoms with Gasteiger partial charge in [0.15, 0.2) is 5.79 Å². The molecule has 1 aliphatic heterocycles. The number of alkyl halides is 3. The van der Waals surface area contributed by atoms with Crippen LogP contribution in [0.25, 0.3) is 0 Å². The van der Waals surface area contributed by atoms with Crippen LogP contribution >= 0.6 is 11.6 Å². The Bertz CT molecular complexity index is 288. The minimum Gasteiger partial charge on any atom is -0.348 e. The van der Waals surface area contributed by atoms with Crippen molar-refractivity contribution in [3.05, 3.63) is 0 Å². The average molecular weight is 298 g/mol. The Hall–Kier alpha value is 0.0300. The summed E-state index contributed by atoms with van der Waals surface area (Å²) in [5.74, 6) is -3.43. The van der Waals surface area contributed by atoms with E-state index in [0.717, 1.165) is 0 Å². The minimum atomic E-state index is -2.67. The molecule has 0 aromatic heterocycles. The van der Waals surface area contributed by atoms with E-state index in [9.17, 15) is 8.78 Å².